The first kappa shape index (κ1) is 13.9. The van der Waals surface area contributed by atoms with Crippen molar-refractivity contribution in [3.05, 3.63) is 0 Å². The maximum atomic E-state index is 5.81. The summed E-state index contributed by atoms with van der Waals surface area (Å²) >= 11 is 0. The SMILES string of the molecule is COC(CC(CN)N(C)CC1CC1C)OC. The Morgan fingerprint density at radius 1 is 1.38 bits per heavy atom. The fourth-order valence-corrected chi connectivity index (χ4v) is 2.14. The molecule has 1 aliphatic rings. The number of methoxy groups -OCH3 is 2. The van der Waals surface area contributed by atoms with Gasteiger partial charge in [-0.2, -0.15) is 0 Å². The van der Waals surface area contributed by atoms with Gasteiger partial charge in [-0.25, -0.2) is 0 Å². The lowest BCUT2D eigenvalue weighted by Gasteiger charge is -2.29. The monoisotopic (exact) mass is 230 g/mol. The van der Waals surface area contributed by atoms with E-state index in [9.17, 15) is 0 Å². The molecule has 4 nitrogen and oxygen atoms in total. The highest BCUT2D eigenvalue weighted by Gasteiger charge is 2.34. The minimum atomic E-state index is -0.146. The Morgan fingerprint density at radius 3 is 2.31 bits per heavy atom. The first-order chi connectivity index (χ1) is 7.62. The quantitative estimate of drug-likeness (QED) is 0.630. The average Bonchev–Trinajstić information content (AvgIpc) is 2.96. The number of hydrogen-bond acceptors (Lipinski definition) is 4. The molecule has 1 fully saturated rings. The summed E-state index contributed by atoms with van der Waals surface area (Å²) in [5.41, 5.74) is 5.81. The van der Waals surface area contributed by atoms with E-state index in [1.54, 1.807) is 14.2 Å². The molecule has 96 valence electrons. The summed E-state index contributed by atoms with van der Waals surface area (Å²) in [5, 5.41) is 0. The van der Waals surface area contributed by atoms with E-state index in [0.29, 0.717) is 12.6 Å². The summed E-state index contributed by atoms with van der Waals surface area (Å²) in [6, 6.07) is 0.345. The van der Waals surface area contributed by atoms with Crippen LogP contribution in [0.25, 0.3) is 0 Å². The van der Waals surface area contributed by atoms with E-state index in [1.807, 2.05) is 0 Å². The summed E-state index contributed by atoms with van der Waals surface area (Å²) in [4.78, 5) is 2.35. The number of ether oxygens (including phenoxy) is 2. The predicted octanol–water partition coefficient (Wildman–Crippen LogP) is 0.910. The van der Waals surface area contributed by atoms with E-state index in [2.05, 4.69) is 18.9 Å². The molecular formula is C12H26N2O2. The molecule has 3 unspecified atom stereocenters. The van der Waals surface area contributed by atoms with Crippen molar-refractivity contribution < 1.29 is 9.47 Å². The van der Waals surface area contributed by atoms with Gasteiger partial charge in [0.1, 0.15) is 0 Å². The number of nitrogens with zero attached hydrogens (tertiary/aromatic N) is 1. The molecule has 0 bridgehead atoms. The van der Waals surface area contributed by atoms with Crippen LogP contribution in [0.1, 0.15) is 19.8 Å². The van der Waals surface area contributed by atoms with Crippen molar-refractivity contribution in [1.29, 1.82) is 0 Å². The van der Waals surface area contributed by atoms with Crippen LogP contribution in [0.5, 0.6) is 0 Å². The van der Waals surface area contributed by atoms with Crippen molar-refractivity contribution in [3.8, 4) is 0 Å². The standard InChI is InChI=1S/C12H26N2O2/c1-9-5-10(9)8-14(2)11(7-13)6-12(15-3)16-4/h9-12H,5-8,13H2,1-4H3. The van der Waals surface area contributed by atoms with E-state index < -0.39 is 0 Å². The number of likely N-dealkylation sites (N-methyl/N-ethyl adjacent to an activating group) is 1. The van der Waals surface area contributed by atoms with Gasteiger partial charge in [-0.15, -0.1) is 0 Å². The second kappa shape index (κ2) is 6.55. The third-order valence-electron chi connectivity index (χ3n) is 3.68. The van der Waals surface area contributed by atoms with Gasteiger partial charge < -0.3 is 20.1 Å². The lowest BCUT2D eigenvalue weighted by molar-refractivity contribution is -0.115. The summed E-state index contributed by atoms with van der Waals surface area (Å²) in [7, 11) is 5.49. The second-order valence-electron chi connectivity index (χ2n) is 4.94. The molecule has 0 aromatic heterocycles. The Balaban J connectivity index is 2.33. The lowest BCUT2D eigenvalue weighted by atomic mass is 10.1. The predicted molar refractivity (Wildman–Crippen MR) is 65.2 cm³/mol. The third kappa shape index (κ3) is 4.01. The maximum absolute atomic E-state index is 5.81. The van der Waals surface area contributed by atoms with Crippen molar-refractivity contribution in [2.75, 3.05) is 34.4 Å². The molecule has 0 spiro atoms. The van der Waals surface area contributed by atoms with Crippen molar-refractivity contribution in [3.63, 3.8) is 0 Å². The zero-order chi connectivity index (χ0) is 12.1. The molecular weight excluding hydrogens is 204 g/mol. The van der Waals surface area contributed by atoms with Crippen LogP contribution in [0.4, 0.5) is 0 Å². The Morgan fingerprint density at radius 2 is 1.94 bits per heavy atom. The van der Waals surface area contributed by atoms with Gasteiger partial charge in [0.15, 0.2) is 6.29 Å². The summed E-state index contributed by atoms with van der Waals surface area (Å²) < 4.78 is 10.4. The van der Waals surface area contributed by atoms with Gasteiger partial charge in [-0.3, -0.25) is 0 Å². The molecule has 0 aromatic rings. The fraction of sp³-hybridized carbons (Fsp3) is 1.00. The summed E-state index contributed by atoms with van der Waals surface area (Å²) in [6.07, 6.45) is 2.05. The van der Waals surface area contributed by atoms with Crippen molar-refractivity contribution in [2.24, 2.45) is 17.6 Å². The zero-order valence-electron chi connectivity index (χ0n) is 11.0. The van der Waals surface area contributed by atoms with Gasteiger partial charge >= 0.3 is 0 Å². The molecule has 0 aromatic carbocycles. The Hall–Kier alpha value is -0.160. The normalized spacial score (nSPS) is 26.4. The van der Waals surface area contributed by atoms with E-state index >= 15 is 0 Å². The maximum Gasteiger partial charge on any atom is 0.158 e. The molecule has 1 rings (SSSR count). The van der Waals surface area contributed by atoms with Crippen LogP contribution in [0, 0.1) is 11.8 Å². The van der Waals surface area contributed by atoms with Crippen molar-refractivity contribution >= 4 is 0 Å². The smallest absolute Gasteiger partial charge is 0.158 e. The zero-order valence-corrected chi connectivity index (χ0v) is 11.0. The number of nitrogens with two attached hydrogens (primary N) is 1. The Labute approximate surface area is 99.1 Å². The molecule has 0 radical (unpaired) electrons. The Bertz CT molecular complexity index is 197. The number of rotatable bonds is 8. The minimum absolute atomic E-state index is 0.146. The highest BCUT2D eigenvalue weighted by molar-refractivity contribution is 4.86. The molecule has 3 atom stereocenters. The molecule has 0 saturated heterocycles. The van der Waals surface area contributed by atoms with E-state index in [4.69, 9.17) is 15.2 Å². The van der Waals surface area contributed by atoms with Gasteiger partial charge in [0.25, 0.3) is 0 Å². The van der Waals surface area contributed by atoms with Gasteiger partial charge in [-0.05, 0) is 25.3 Å². The van der Waals surface area contributed by atoms with Crippen LogP contribution in [0.3, 0.4) is 0 Å². The fourth-order valence-electron chi connectivity index (χ4n) is 2.14. The molecule has 16 heavy (non-hydrogen) atoms. The summed E-state index contributed by atoms with van der Waals surface area (Å²) in [5.74, 6) is 1.75. The minimum Gasteiger partial charge on any atom is -0.356 e. The molecule has 4 heteroatoms. The summed E-state index contributed by atoms with van der Waals surface area (Å²) in [6.45, 7) is 4.10. The van der Waals surface area contributed by atoms with Crippen LogP contribution in [0.15, 0.2) is 0 Å². The van der Waals surface area contributed by atoms with E-state index in [-0.39, 0.29) is 6.29 Å². The largest absolute Gasteiger partial charge is 0.356 e. The van der Waals surface area contributed by atoms with Crippen molar-refractivity contribution in [2.45, 2.75) is 32.1 Å². The third-order valence-corrected chi connectivity index (χ3v) is 3.68. The molecule has 0 aliphatic heterocycles. The lowest BCUT2D eigenvalue weighted by Crippen LogP contribution is -2.42. The first-order valence-electron chi connectivity index (χ1n) is 6.08. The van der Waals surface area contributed by atoms with Gasteiger partial charge in [0.2, 0.25) is 0 Å². The van der Waals surface area contributed by atoms with Crippen molar-refractivity contribution in [1.82, 2.24) is 4.90 Å². The van der Waals surface area contributed by atoms with Gasteiger partial charge in [0.05, 0.1) is 0 Å². The van der Waals surface area contributed by atoms with Crippen LogP contribution in [0.2, 0.25) is 0 Å². The van der Waals surface area contributed by atoms with E-state index in [1.165, 1.54) is 6.42 Å². The van der Waals surface area contributed by atoms with Crippen LogP contribution < -0.4 is 5.73 Å². The van der Waals surface area contributed by atoms with Gasteiger partial charge in [0, 0.05) is 39.8 Å². The highest BCUT2D eigenvalue weighted by atomic mass is 16.7. The Kier molecular flexibility index (Phi) is 5.69. The second-order valence-corrected chi connectivity index (χ2v) is 4.94. The topological polar surface area (TPSA) is 47.7 Å². The molecule has 1 aliphatic carbocycles. The molecule has 0 heterocycles. The highest BCUT2D eigenvalue weighted by Crippen LogP contribution is 2.38. The number of hydrogen-bond donors (Lipinski definition) is 1. The van der Waals surface area contributed by atoms with E-state index in [0.717, 1.165) is 24.8 Å². The average molecular weight is 230 g/mol. The van der Waals surface area contributed by atoms with Crippen LogP contribution in [-0.2, 0) is 9.47 Å². The first-order valence-corrected chi connectivity index (χ1v) is 6.08. The van der Waals surface area contributed by atoms with Crippen LogP contribution >= 0.6 is 0 Å². The molecule has 0 amide bonds. The molecule has 2 N–H and O–H groups in total. The van der Waals surface area contributed by atoms with Gasteiger partial charge in [-0.1, -0.05) is 6.92 Å². The molecule has 1 saturated carbocycles. The van der Waals surface area contributed by atoms with Crippen LogP contribution in [-0.4, -0.2) is 51.6 Å².